The van der Waals surface area contributed by atoms with Gasteiger partial charge in [-0.1, -0.05) is 29.8 Å². The lowest BCUT2D eigenvalue weighted by molar-refractivity contribution is -0.0781. The summed E-state index contributed by atoms with van der Waals surface area (Å²) in [6, 6.07) is 12.9. The summed E-state index contributed by atoms with van der Waals surface area (Å²) in [6.07, 6.45) is -0.424. The highest BCUT2D eigenvalue weighted by molar-refractivity contribution is 7.88. The molecule has 11 heteroatoms. The van der Waals surface area contributed by atoms with Gasteiger partial charge < -0.3 is 24.0 Å². The second-order valence-electron chi connectivity index (χ2n) is 12.7. The molecule has 0 radical (unpaired) electrons. The van der Waals surface area contributed by atoms with Gasteiger partial charge in [-0.3, -0.25) is 4.79 Å². The van der Waals surface area contributed by atoms with Gasteiger partial charge in [0.15, 0.2) is 0 Å². The third-order valence-electron chi connectivity index (χ3n) is 8.23. The molecule has 10 nitrogen and oxygen atoms in total. The average Bonchev–Trinajstić information content (AvgIpc) is 3.25. The van der Waals surface area contributed by atoms with Crippen LogP contribution in [-0.4, -0.2) is 97.7 Å². The van der Waals surface area contributed by atoms with Gasteiger partial charge in [0, 0.05) is 32.3 Å². The molecule has 3 saturated heterocycles. The molecule has 3 fully saturated rings. The summed E-state index contributed by atoms with van der Waals surface area (Å²) in [6.45, 7) is 11.2. The Balaban J connectivity index is 1.22. The Morgan fingerprint density at radius 1 is 1.00 bits per heavy atom. The number of sulfonamides is 1. The van der Waals surface area contributed by atoms with E-state index in [1.165, 1.54) is 4.31 Å². The van der Waals surface area contributed by atoms with E-state index >= 15 is 0 Å². The molecular weight excluding hydrogens is 558 g/mol. The Morgan fingerprint density at radius 3 is 2.36 bits per heavy atom. The molecule has 2 aromatic carbocycles. The molecule has 2 amide bonds. The highest BCUT2D eigenvalue weighted by Crippen LogP contribution is 2.42. The van der Waals surface area contributed by atoms with Crippen molar-refractivity contribution in [3.05, 3.63) is 64.7 Å². The summed E-state index contributed by atoms with van der Waals surface area (Å²) < 4.78 is 45.8. The maximum Gasteiger partial charge on any atom is 0.410 e. The number of methoxy groups -OCH3 is 1. The number of likely N-dealkylation sites (tertiary alicyclic amines) is 2. The minimum absolute atomic E-state index is 0.0612. The molecule has 0 aromatic heterocycles. The number of carbonyl (C=O) groups excluding carboxylic acids is 2. The monoisotopic (exact) mass is 599 g/mol. The van der Waals surface area contributed by atoms with Crippen molar-refractivity contribution in [2.24, 2.45) is 0 Å². The first-order valence-corrected chi connectivity index (χ1v) is 15.9. The van der Waals surface area contributed by atoms with Crippen LogP contribution in [-0.2, 0) is 25.2 Å². The molecule has 42 heavy (non-hydrogen) atoms. The third-order valence-corrected chi connectivity index (χ3v) is 10.2. The number of rotatable bonds is 7. The van der Waals surface area contributed by atoms with E-state index < -0.39 is 33.4 Å². The quantitative estimate of drug-likeness (QED) is 0.477. The topological polar surface area (TPSA) is 106 Å². The maximum atomic E-state index is 13.4. The van der Waals surface area contributed by atoms with Crippen molar-refractivity contribution in [2.45, 2.75) is 70.1 Å². The van der Waals surface area contributed by atoms with E-state index in [1.54, 1.807) is 41.2 Å². The molecule has 0 aliphatic carbocycles. The Kier molecular flexibility index (Phi) is 8.06. The molecule has 2 aromatic rings. The van der Waals surface area contributed by atoms with Gasteiger partial charge in [-0.15, -0.1) is 0 Å². The van der Waals surface area contributed by atoms with Gasteiger partial charge in [0.1, 0.15) is 23.6 Å². The van der Waals surface area contributed by atoms with Gasteiger partial charge in [-0.05, 0) is 70.4 Å². The molecule has 1 spiro atoms. The number of amides is 2. The third kappa shape index (κ3) is 6.14. The molecule has 2 atom stereocenters. The molecule has 0 saturated carbocycles. The summed E-state index contributed by atoms with van der Waals surface area (Å²) >= 11 is 0. The fourth-order valence-electron chi connectivity index (χ4n) is 5.95. The Bertz CT molecular complexity index is 1460. The number of ether oxygens (including phenoxy) is 3. The van der Waals surface area contributed by atoms with Crippen LogP contribution in [0.15, 0.2) is 42.5 Å². The van der Waals surface area contributed by atoms with Crippen molar-refractivity contribution in [2.75, 3.05) is 39.8 Å². The molecular formula is C31H41N3O7S. The lowest BCUT2D eigenvalue weighted by atomic mass is 9.80. The van der Waals surface area contributed by atoms with Crippen LogP contribution in [0.1, 0.15) is 54.2 Å². The zero-order chi connectivity index (χ0) is 30.4. The fraction of sp³-hybridized carbons (Fsp3) is 0.548. The molecule has 0 N–H and O–H groups in total. The predicted octanol–water partition coefficient (Wildman–Crippen LogP) is 3.75. The molecule has 5 rings (SSSR count). The SMILES string of the molecule is CO[C@@H]1CN(C(=O)c2cc(C)ccc2C)C[C@H]1Oc1cccc(CS(=O)(=O)N2CCC23CN(C(=O)OC(C)(C)C)C3)c1. The van der Waals surface area contributed by atoms with Crippen molar-refractivity contribution >= 4 is 22.0 Å². The van der Waals surface area contributed by atoms with Crippen LogP contribution >= 0.6 is 0 Å². The number of aryl methyl sites for hydroxylation is 2. The van der Waals surface area contributed by atoms with Crippen LogP contribution in [0.5, 0.6) is 5.75 Å². The number of nitrogens with zero attached hydrogens (tertiary/aromatic N) is 3. The molecule has 228 valence electrons. The maximum absolute atomic E-state index is 13.4. The normalized spacial score (nSPS) is 22.0. The minimum Gasteiger partial charge on any atom is -0.486 e. The van der Waals surface area contributed by atoms with E-state index in [1.807, 2.05) is 52.8 Å². The molecule has 3 heterocycles. The zero-order valence-corrected chi connectivity index (χ0v) is 26.1. The smallest absolute Gasteiger partial charge is 0.410 e. The lowest BCUT2D eigenvalue weighted by Gasteiger charge is -2.60. The van der Waals surface area contributed by atoms with E-state index in [9.17, 15) is 18.0 Å². The van der Waals surface area contributed by atoms with E-state index in [0.717, 1.165) is 11.1 Å². The van der Waals surface area contributed by atoms with Crippen LogP contribution in [0, 0.1) is 13.8 Å². The Labute approximate surface area is 248 Å². The number of hydrogen-bond acceptors (Lipinski definition) is 7. The summed E-state index contributed by atoms with van der Waals surface area (Å²) in [5.74, 6) is 0.288. The second-order valence-corrected chi connectivity index (χ2v) is 14.6. The van der Waals surface area contributed by atoms with Gasteiger partial charge in [0.25, 0.3) is 5.91 Å². The molecule has 0 unspecified atom stereocenters. The largest absolute Gasteiger partial charge is 0.486 e. The van der Waals surface area contributed by atoms with Crippen molar-refractivity contribution in [1.82, 2.24) is 14.1 Å². The van der Waals surface area contributed by atoms with Crippen molar-refractivity contribution in [1.29, 1.82) is 0 Å². The minimum atomic E-state index is -3.63. The Hall–Kier alpha value is -3.15. The van der Waals surface area contributed by atoms with Crippen molar-refractivity contribution < 1.29 is 32.2 Å². The summed E-state index contributed by atoms with van der Waals surface area (Å²) in [4.78, 5) is 29.0. The van der Waals surface area contributed by atoms with Gasteiger partial charge in [-0.2, -0.15) is 4.31 Å². The highest BCUT2D eigenvalue weighted by Gasteiger charge is 2.59. The van der Waals surface area contributed by atoms with Gasteiger partial charge >= 0.3 is 6.09 Å². The summed E-state index contributed by atoms with van der Waals surface area (Å²) in [5.41, 5.74) is 2.06. The van der Waals surface area contributed by atoms with Crippen LogP contribution < -0.4 is 4.74 Å². The lowest BCUT2D eigenvalue weighted by Crippen LogP contribution is -2.78. The van der Waals surface area contributed by atoms with Gasteiger partial charge in [0.05, 0.1) is 24.4 Å². The first-order valence-electron chi connectivity index (χ1n) is 14.3. The number of benzene rings is 2. The van der Waals surface area contributed by atoms with Gasteiger partial charge in [0.2, 0.25) is 10.0 Å². The van der Waals surface area contributed by atoms with Gasteiger partial charge in [-0.25, -0.2) is 13.2 Å². The average molecular weight is 600 g/mol. The van der Waals surface area contributed by atoms with E-state index in [-0.39, 0.29) is 17.8 Å². The van der Waals surface area contributed by atoms with Crippen molar-refractivity contribution in [3.63, 3.8) is 0 Å². The van der Waals surface area contributed by atoms with Crippen LogP contribution in [0.2, 0.25) is 0 Å². The zero-order valence-electron chi connectivity index (χ0n) is 25.3. The van der Waals surface area contributed by atoms with E-state index in [4.69, 9.17) is 14.2 Å². The van der Waals surface area contributed by atoms with Crippen molar-refractivity contribution in [3.8, 4) is 5.75 Å². The van der Waals surface area contributed by atoms with Crippen LogP contribution in [0.3, 0.4) is 0 Å². The molecule has 3 aliphatic heterocycles. The number of carbonyl (C=O) groups is 2. The Morgan fingerprint density at radius 2 is 1.71 bits per heavy atom. The van der Waals surface area contributed by atoms with Crippen LogP contribution in [0.4, 0.5) is 4.79 Å². The molecule has 0 bridgehead atoms. The second kappa shape index (κ2) is 11.2. The first kappa shape index (κ1) is 30.3. The van der Waals surface area contributed by atoms with E-state index in [2.05, 4.69) is 0 Å². The highest BCUT2D eigenvalue weighted by atomic mass is 32.2. The standard InChI is InChI=1S/C31H41N3O7S/c1-21-10-11-22(2)25(14-21)28(35)32-16-26(39-6)27(17-32)40-24-9-7-8-23(15-24)18-42(37,38)34-13-12-31(34)19-33(20-31)29(36)41-30(3,4)5/h7-11,14-15,26-27H,12-13,16-20H2,1-6H3/t26-,27-/m1/s1. The summed E-state index contributed by atoms with van der Waals surface area (Å²) in [7, 11) is -2.03. The number of hydrogen-bond donors (Lipinski definition) is 0. The fourth-order valence-corrected chi connectivity index (χ4v) is 7.87. The first-order chi connectivity index (χ1) is 19.7. The predicted molar refractivity (Wildman–Crippen MR) is 158 cm³/mol. The summed E-state index contributed by atoms with van der Waals surface area (Å²) in [5, 5.41) is 0. The molecule has 3 aliphatic rings. The van der Waals surface area contributed by atoms with E-state index in [0.29, 0.717) is 56.0 Å². The van der Waals surface area contributed by atoms with Crippen LogP contribution in [0.25, 0.3) is 0 Å².